The van der Waals surface area contributed by atoms with Gasteiger partial charge in [0.15, 0.2) is 5.69 Å². The number of benzene rings is 1. The molecule has 0 fully saturated rings. The number of methoxy groups -OCH3 is 1. The maximum absolute atomic E-state index is 12.5. The minimum Gasteiger partial charge on any atom is -0.481 e. The summed E-state index contributed by atoms with van der Waals surface area (Å²) < 4.78 is 7.62. The Hall–Kier alpha value is -2.59. The molecule has 3 heterocycles. The number of carbonyl (C=O) groups is 1. The highest BCUT2D eigenvalue weighted by Gasteiger charge is 2.27. The lowest BCUT2D eigenvalue weighted by Crippen LogP contribution is -2.09. The van der Waals surface area contributed by atoms with Gasteiger partial charge in [0.25, 0.3) is 0 Å². The molecule has 0 amide bonds. The summed E-state index contributed by atoms with van der Waals surface area (Å²) in [5, 5.41) is 16.4. The first-order valence-corrected chi connectivity index (χ1v) is 13.0. The van der Waals surface area contributed by atoms with Crippen molar-refractivity contribution in [2.75, 3.05) is 7.11 Å². The molecule has 0 spiro atoms. The van der Waals surface area contributed by atoms with Crippen molar-refractivity contribution in [2.24, 2.45) is 0 Å². The number of nitrogens with zero attached hydrogens (tertiary/aromatic N) is 4. The molecule has 0 unspecified atom stereocenters. The van der Waals surface area contributed by atoms with E-state index in [9.17, 15) is 9.90 Å². The van der Waals surface area contributed by atoms with E-state index in [0.29, 0.717) is 49.3 Å². The van der Waals surface area contributed by atoms with Crippen LogP contribution in [-0.2, 0) is 0 Å². The van der Waals surface area contributed by atoms with Crippen LogP contribution in [0.25, 0.3) is 27.5 Å². The first-order chi connectivity index (χ1) is 16.6. The van der Waals surface area contributed by atoms with E-state index >= 15 is 0 Å². The van der Waals surface area contributed by atoms with Crippen molar-refractivity contribution >= 4 is 52.3 Å². The van der Waals surface area contributed by atoms with Crippen molar-refractivity contribution in [3.05, 3.63) is 57.5 Å². The number of hydrogen-bond acceptors (Lipinski definition) is 7. The number of ether oxygens (including phenoxy) is 1. The monoisotopic (exact) mass is 548 g/mol. The zero-order valence-electron chi connectivity index (χ0n) is 19.6. The van der Waals surface area contributed by atoms with Crippen molar-refractivity contribution in [1.29, 1.82) is 0 Å². The number of rotatable bonds is 7. The fourth-order valence-electron chi connectivity index (χ4n) is 3.60. The summed E-state index contributed by atoms with van der Waals surface area (Å²) in [6, 6.07) is 8.85. The summed E-state index contributed by atoms with van der Waals surface area (Å²) >= 11 is 15.4. The number of thioether (sulfide) groups is 1. The van der Waals surface area contributed by atoms with E-state index in [4.69, 9.17) is 32.9 Å². The minimum absolute atomic E-state index is 0.0192. The molecular formula is C24H22Cl2N4O3S2. The molecule has 0 atom stereocenters. The lowest BCUT2D eigenvalue weighted by atomic mass is 10.0. The number of carboxylic acid groups (broad SMARTS) is 1. The number of pyridine rings is 1. The summed E-state index contributed by atoms with van der Waals surface area (Å²) in [6.07, 6.45) is 0. The van der Waals surface area contributed by atoms with Crippen molar-refractivity contribution in [2.45, 2.75) is 37.2 Å². The second-order valence-corrected chi connectivity index (χ2v) is 11.6. The molecule has 1 aromatic carbocycles. The summed E-state index contributed by atoms with van der Waals surface area (Å²) in [6.45, 7) is 7.77. The van der Waals surface area contributed by atoms with Gasteiger partial charge in [-0.05, 0) is 37.6 Å². The molecule has 4 rings (SSSR count). The largest absolute Gasteiger partial charge is 0.481 e. The van der Waals surface area contributed by atoms with Gasteiger partial charge < -0.3 is 9.84 Å². The van der Waals surface area contributed by atoms with E-state index in [1.807, 2.05) is 19.1 Å². The third-order valence-electron chi connectivity index (χ3n) is 4.99. The average Bonchev–Trinajstić information content (AvgIpc) is 3.35. The third kappa shape index (κ3) is 5.18. The first-order valence-electron chi connectivity index (χ1n) is 10.6. The van der Waals surface area contributed by atoms with Gasteiger partial charge in [-0.3, -0.25) is 0 Å². The molecular weight excluding hydrogens is 527 g/mol. The van der Waals surface area contributed by atoms with Crippen LogP contribution in [0.1, 0.15) is 35.7 Å². The Kier molecular flexibility index (Phi) is 7.42. The molecule has 0 aliphatic heterocycles. The Morgan fingerprint density at radius 3 is 2.49 bits per heavy atom. The normalized spacial score (nSPS) is 11.3. The minimum atomic E-state index is -1.11. The molecule has 11 heteroatoms. The Bertz CT molecular complexity index is 1430. The fourth-order valence-corrected chi connectivity index (χ4v) is 6.38. The van der Waals surface area contributed by atoms with Gasteiger partial charge in [-0.15, -0.1) is 11.8 Å². The van der Waals surface area contributed by atoms with E-state index in [1.54, 1.807) is 36.9 Å². The summed E-state index contributed by atoms with van der Waals surface area (Å²) in [7, 11) is 1.52. The van der Waals surface area contributed by atoms with Gasteiger partial charge in [-0.25, -0.2) is 14.8 Å². The van der Waals surface area contributed by atoms with Gasteiger partial charge in [0.2, 0.25) is 11.0 Å². The zero-order chi connectivity index (χ0) is 25.4. The van der Waals surface area contributed by atoms with E-state index in [2.05, 4.69) is 23.9 Å². The quantitative estimate of drug-likeness (QED) is 0.244. The van der Waals surface area contributed by atoms with Crippen LogP contribution in [0, 0.1) is 13.8 Å². The smallest absolute Gasteiger partial charge is 0.355 e. The van der Waals surface area contributed by atoms with Crippen LogP contribution in [0.3, 0.4) is 0 Å². The number of thiazole rings is 1. The lowest BCUT2D eigenvalue weighted by molar-refractivity contribution is 0.0688. The second kappa shape index (κ2) is 10.2. The van der Waals surface area contributed by atoms with Crippen molar-refractivity contribution in [3.8, 4) is 33.4 Å². The summed E-state index contributed by atoms with van der Waals surface area (Å²) in [5.74, 6) is -0.714. The van der Waals surface area contributed by atoms with Crippen molar-refractivity contribution < 1.29 is 14.6 Å². The lowest BCUT2D eigenvalue weighted by Gasteiger charge is -2.07. The molecule has 0 aliphatic carbocycles. The van der Waals surface area contributed by atoms with Gasteiger partial charge in [0.05, 0.1) is 32.8 Å². The van der Waals surface area contributed by atoms with Gasteiger partial charge in [0, 0.05) is 28.1 Å². The molecule has 0 radical (unpaired) electrons. The Morgan fingerprint density at radius 1 is 1.11 bits per heavy atom. The number of hydrogen-bond donors (Lipinski definition) is 1. The maximum Gasteiger partial charge on any atom is 0.355 e. The Morgan fingerprint density at radius 2 is 1.86 bits per heavy atom. The van der Waals surface area contributed by atoms with Crippen LogP contribution in [0.15, 0.2) is 34.5 Å². The second-order valence-electron chi connectivity index (χ2n) is 7.99. The van der Waals surface area contributed by atoms with E-state index in [1.165, 1.54) is 23.1 Å². The number of aryl methyl sites for hydroxylation is 2. The molecule has 0 aliphatic rings. The first kappa shape index (κ1) is 25.5. The fraction of sp³-hybridized carbons (Fsp3) is 0.250. The Balaban J connectivity index is 1.93. The molecule has 0 bridgehead atoms. The number of aromatic carboxylic acids is 1. The molecule has 1 N–H and O–H groups in total. The standard InChI is InChI=1S/C24H22Cl2N4O3S2/c1-11(2)34-23-20(14-6-7-16(25)17(26)9-14)28-24(35-23)30-21(22(31)32)19(13(4)29-30)15-8-12(3)27-18(10-15)33-5/h6-11H,1-5H3,(H,31,32). The Labute approximate surface area is 221 Å². The van der Waals surface area contributed by atoms with Crippen LogP contribution in [-0.4, -0.2) is 43.2 Å². The third-order valence-corrected chi connectivity index (χ3v) is 7.97. The van der Waals surface area contributed by atoms with E-state index in [-0.39, 0.29) is 10.9 Å². The number of carboxylic acids is 1. The zero-order valence-corrected chi connectivity index (χ0v) is 22.7. The predicted molar refractivity (Wildman–Crippen MR) is 142 cm³/mol. The van der Waals surface area contributed by atoms with Crippen LogP contribution >= 0.6 is 46.3 Å². The van der Waals surface area contributed by atoms with Gasteiger partial charge in [-0.2, -0.15) is 9.78 Å². The maximum atomic E-state index is 12.5. The van der Waals surface area contributed by atoms with Crippen molar-refractivity contribution in [1.82, 2.24) is 19.7 Å². The van der Waals surface area contributed by atoms with Crippen LogP contribution < -0.4 is 4.74 Å². The van der Waals surface area contributed by atoms with Crippen LogP contribution in [0.4, 0.5) is 0 Å². The highest BCUT2D eigenvalue weighted by molar-refractivity contribution is 8.01. The molecule has 3 aromatic heterocycles. The average molecular weight is 550 g/mol. The molecule has 0 saturated heterocycles. The van der Waals surface area contributed by atoms with Gasteiger partial charge in [0.1, 0.15) is 0 Å². The highest BCUT2D eigenvalue weighted by atomic mass is 35.5. The molecule has 182 valence electrons. The van der Waals surface area contributed by atoms with E-state index < -0.39 is 5.97 Å². The van der Waals surface area contributed by atoms with Crippen LogP contribution in [0.2, 0.25) is 10.0 Å². The van der Waals surface area contributed by atoms with E-state index in [0.717, 1.165) is 9.77 Å². The van der Waals surface area contributed by atoms with Crippen molar-refractivity contribution in [3.63, 3.8) is 0 Å². The molecule has 35 heavy (non-hydrogen) atoms. The SMILES string of the molecule is COc1cc(-c2c(C)nn(-c3nc(-c4ccc(Cl)c(Cl)c4)c(SC(C)C)s3)c2C(=O)O)cc(C)n1. The number of halogens is 2. The molecule has 7 nitrogen and oxygen atoms in total. The van der Waals surface area contributed by atoms with Gasteiger partial charge in [-0.1, -0.05) is 54.5 Å². The summed E-state index contributed by atoms with van der Waals surface area (Å²) in [5.41, 5.74) is 3.93. The molecule has 0 saturated carbocycles. The topological polar surface area (TPSA) is 90.1 Å². The highest BCUT2D eigenvalue weighted by Crippen LogP contribution is 2.42. The van der Waals surface area contributed by atoms with Crippen LogP contribution in [0.5, 0.6) is 5.88 Å². The van der Waals surface area contributed by atoms with Gasteiger partial charge >= 0.3 is 5.97 Å². The summed E-state index contributed by atoms with van der Waals surface area (Å²) in [4.78, 5) is 21.6. The predicted octanol–water partition coefficient (Wildman–Crippen LogP) is 7.19. The molecule has 4 aromatic rings. The number of aromatic nitrogens is 4.